The van der Waals surface area contributed by atoms with Crippen LogP contribution in [0.3, 0.4) is 0 Å². The third-order valence-corrected chi connectivity index (χ3v) is 2.42. The minimum Gasteiger partial charge on any atom is -0.0661 e. The van der Waals surface area contributed by atoms with Gasteiger partial charge in [-0.1, -0.05) is 38.0 Å². The van der Waals surface area contributed by atoms with E-state index >= 15 is 0 Å². The number of rotatable bonds is 2. The van der Waals surface area contributed by atoms with Crippen LogP contribution in [0.2, 0.25) is 0 Å². The maximum Gasteiger partial charge on any atom is -0.0102 e. The molecule has 0 saturated heterocycles. The molecule has 0 amide bonds. The Morgan fingerprint density at radius 2 is 2.09 bits per heavy atom. The summed E-state index contributed by atoms with van der Waals surface area (Å²) in [6, 6.07) is 0. The van der Waals surface area contributed by atoms with Crippen molar-refractivity contribution < 1.29 is 0 Å². The zero-order chi connectivity index (χ0) is 8.43. The van der Waals surface area contributed by atoms with Crippen molar-refractivity contribution in [2.75, 3.05) is 0 Å². The van der Waals surface area contributed by atoms with Gasteiger partial charge in [0.2, 0.25) is 0 Å². The molecule has 1 rings (SSSR count). The monoisotopic (exact) mass is 150 g/mol. The third-order valence-electron chi connectivity index (χ3n) is 2.42. The van der Waals surface area contributed by atoms with E-state index in [-0.39, 0.29) is 0 Å². The van der Waals surface area contributed by atoms with Crippen molar-refractivity contribution in [2.24, 2.45) is 5.92 Å². The topological polar surface area (TPSA) is 0 Å². The molecule has 0 saturated carbocycles. The highest BCUT2D eigenvalue weighted by Gasteiger charge is 2.12. The van der Waals surface area contributed by atoms with Gasteiger partial charge in [-0.3, -0.25) is 0 Å². The molecule has 62 valence electrons. The minimum atomic E-state index is 0.707. The molecule has 0 unspecified atom stereocenters. The Labute approximate surface area is 70.0 Å². The Bertz CT molecular complexity index is 204. The molecule has 11 heavy (non-hydrogen) atoms. The van der Waals surface area contributed by atoms with Crippen molar-refractivity contribution in [1.29, 1.82) is 0 Å². The first-order valence-electron chi connectivity index (χ1n) is 4.54. The second kappa shape index (κ2) is 3.25. The van der Waals surface area contributed by atoms with Crippen LogP contribution >= 0.6 is 0 Å². The maximum absolute atomic E-state index is 2.39. The zero-order valence-corrected chi connectivity index (χ0v) is 8.07. The average molecular weight is 150 g/mol. The third kappa shape index (κ3) is 1.74. The molecule has 0 aromatic heterocycles. The van der Waals surface area contributed by atoms with Gasteiger partial charge in [-0.15, -0.1) is 0 Å². The van der Waals surface area contributed by atoms with E-state index in [2.05, 4.69) is 33.8 Å². The molecule has 0 aromatic carbocycles. The molecule has 0 heterocycles. The van der Waals surface area contributed by atoms with E-state index in [1.54, 1.807) is 16.7 Å². The predicted octanol–water partition coefficient (Wildman–Crippen LogP) is 3.70. The standard InChI is InChI=1S/C11H18/c1-5-10-6-9(4)11(7-10)8(2)3/h7-8H,5-6H2,1-4H3. The molecule has 1 aliphatic carbocycles. The summed E-state index contributed by atoms with van der Waals surface area (Å²) in [6.45, 7) is 9.04. The van der Waals surface area contributed by atoms with Crippen molar-refractivity contribution >= 4 is 0 Å². The number of hydrogen-bond acceptors (Lipinski definition) is 0. The van der Waals surface area contributed by atoms with Crippen molar-refractivity contribution in [1.82, 2.24) is 0 Å². The molecular weight excluding hydrogens is 132 g/mol. The van der Waals surface area contributed by atoms with Crippen LogP contribution in [0, 0.1) is 5.92 Å². The molecule has 0 N–H and O–H groups in total. The van der Waals surface area contributed by atoms with Crippen LogP contribution in [0.15, 0.2) is 22.8 Å². The van der Waals surface area contributed by atoms with Crippen LogP contribution < -0.4 is 0 Å². The smallest absolute Gasteiger partial charge is 0.0102 e. The van der Waals surface area contributed by atoms with Crippen molar-refractivity contribution in [2.45, 2.75) is 40.5 Å². The lowest BCUT2D eigenvalue weighted by atomic mass is 10.0. The van der Waals surface area contributed by atoms with Gasteiger partial charge in [-0.05, 0) is 31.3 Å². The lowest BCUT2D eigenvalue weighted by Crippen LogP contribution is -1.89. The van der Waals surface area contributed by atoms with E-state index in [0.717, 1.165) is 0 Å². The quantitative estimate of drug-likeness (QED) is 0.563. The molecule has 0 fully saturated rings. The first-order chi connectivity index (χ1) is 5.15. The first-order valence-corrected chi connectivity index (χ1v) is 4.54. The Morgan fingerprint density at radius 1 is 1.45 bits per heavy atom. The van der Waals surface area contributed by atoms with Gasteiger partial charge in [-0.2, -0.15) is 0 Å². The Hall–Kier alpha value is -0.520. The van der Waals surface area contributed by atoms with Gasteiger partial charge in [0.1, 0.15) is 0 Å². The fourth-order valence-electron chi connectivity index (χ4n) is 1.72. The van der Waals surface area contributed by atoms with E-state index in [1.165, 1.54) is 12.8 Å². The van der Waals surface area contributed by atoms with Crippen LogP contribution in [0.4, 0.5) is 0 Å². The van der Waals surface area contributed by atoms with Gasteiger partial charge < -0.3 is 0 Å². The highest BCUT2D eigenvalue weighted by atomic mass is 14.2. The van der Waals surface area contributed by atoms with Gasteiger partial charge in [0.05, 0.1) is 0 Å². The molecule has 0 atom stereocenters. The number of allylic oxidation sites excluding steroid dienone is 4. The van der Waals surface area contributed by atoms with E-state index in [1.807, 2.05) is 0 Å². The molecule has 0 bridgehead atoms. The molecule has 0 spiro atoms. The summed E-state index contributed by atoms with van der Waals surface area (Å²) in [4.78, 5) is 0. The largest absolute Gasteiger partial charge is 0.0661 e. The molecule has 0 heteroatoms. The van der Waals surface area contributed by atoms with Gasteiger partial charge in [0.15, 0.2) is 0 Å². The predicted molar refractivity (Wildman–Crippen MR) is 50.5 cm³/mol. The summed E-state index contributed by atoms with van der Waals surface area (Å²) >= 11 is 0. The SMILES string of the molecule is CCC1=CC(C(C)C)=C(C)C1. The Kier molecular flexibility index (Phi) is 2.53. The molecule has 0 aromatic rings. The highest BCUT2D eigenvalue weighted by molar-refractivity contribution is 5.38. The van der Waals surface area contributed by atoms with Crippen LogP contribution in [-0.4, -0.2) is 0 Å². The summed E-state index contributed by atoms with van der Waals surface area (Å²) in [6.07, 6.45) is 4.83. The zero-order valence-electron chi connectivity index (χ0n) is 8.07. The van der Waals surface area contributed by atoms with Crippen LogP contribution in [0.1, 0.15) is 40.5 Å². The van der Waals surface area contributed by atoms with E-state index < -0.39 is 0 Å². The van der Waals surface area contributed by atoms with Gasteiger partial charge in [-0.25, -0.2) is 0 Å². The normalized spacial score (nSPS) is 18.1. The molecular formula is C11H18. The Balaban J connectivity index is 2.76. The summed E-state index contributed by atoms with van der Waals surface area (Å²) in [5.74, 6) is 0.707. The Morgan fingerprint density at radius 3 is 2.36 bits per heavy atom. The molecule has 1 aliphatic rings. The highest BCUT2D eigenvalue weighted by Crippen LogP contribution is 2.30. The van der Waals surface area contributed by atoms with E-state index in [4.69, 9.17) is 0 Å². The summed E-state index contributed by atoms with van der Waals surface area (Å²) < 4.78 is 0. The van der Waals surface area contributed by atoms with Gasteiger partial charge >= 0.3 is 0 Å². The summed E-state index contributed by atoms with van der Waals surface area (Å²) in [5.41, 5.74) is 4.75. The fraction of sp³-hybridized carbons (Fsp3) is 0.636. The molecule has 0 nitrogen and oxygen atoms in total. The maximum atomic E-state index is 2.39. The van der Waals surface area contributed by atoms with E-state index in [0.29, 0.717) is 5.92 Å². The minimum absolute atomic E-state index is 0.707. The van der Waals surface area contributed by atoms with Crippen molar-refractivity contribution in [3.8, 4) is 0 Å². The summed E-state index contributed by atoms with van der Waals surface area (Å²) in [5, 5.41) is 0. The average Bonchev–Trinajstić information content (AvgIpc) is 2.30. The van der Waals surface area contributed by atoms with E-state index in [9.17, 15) is 0 Å². The first kappa shape index (κ1) is 8.58. The fourth-order valence-corrected chi connectivity index (χ4v) is 1.72. The van der Waals surface area contributed by atoms with Crippen molar-refractivity contribution in [3.05, 3.63) is 22.8 Å². The second-order valence-corrected chi connectivity index (χ2v) is 3.72. The van der Waals surface area contributed by atoms with Crippen LogP contribution in [-0.2, 0) is 0 Å². The van der Waals surface area contributed by atoms with Gasteiger partial charge in [0, 0.05) is 0 Å². The molecule has 0 aliphatic heterocycles. The second-order valence-electron chi connectivity index (χ2n) is 3.72. The molecule has 0 radical (unpaired) electrons. The van der Waals surface area contributed by atoms with Crippen LogP contribution in [0.25, 0.3) is 0 Å². The summed E-state index contributed by atoms with van der Waals surface area (Å²) in [7, 11) is 0. The lowest BCUT2D eigenvalue weighted by molar-refractivity contribution is 0.783. The van der Waals surface area contributed by atoms with Crippen LogP contribution in [0.5, 0.6) is 0 Å². The number of hydrogen-bond donors (Lipinski definition) is 0. The van der Waals surface area contributed by atoms with Crippen molar-refractivity contribution in [3.63, 3.8) is 0 Å². The lowest BCUT2D eigenvalue weighted by Gasteiger charge is -2.04. The van der Waals surface area contributed by atoms with Gasteiger partial charge in [0.25, 0.3) is 0 Å².